The standard InChI is InChI=1S/C25H28N2O3S2/c1-2-15-3-5-16(6-4-15)17-7-9-18(10-8-17)24(29)30-21-12-11-20(28)22-23(21)32-25(31-22)19(13-26)14-27/h11-12,15-18,28H,2-10H2,1H3. The summed E-state index contributed by atoms with van der Waals surface area (Å²) in [5.74, 6) is 2.62. The molecule has 1 aromatic rings. The van der Waals surface area contributed by atoms with Crippen LogP contribution >= 0.6 is 23.5 Å². The number of hydrogen-bond donors (Lipinski definition) is 1. The molecule has 2 fully saturated rings. The summed E-state index contributed by atoms with van der Waals surface area (Å²) in [6.45, 7) is 2.30. The average molecular weight is 469 g/mol. The summed E-state index contributed by atoms with van der Waals surface area (Å²) >= 11 is 2.38. The van der Waals surface area contributed by atoms with Crippen molar-refractivity contribution in [1.82, 2.24) is 0 Å². The van der Waals surface area contributed by atoms with E-state index in [-0.39, 0.29) is 23.2 Å². The van der Waals surface area contributed by atoms with Crippen molar-refractivity contribution < 1.29 is 14.6 Å². The van der Waals surface area contributed by atoms with Crippen molar-refractivity contribution in [3.8, 4) is 23.6 Å². The Morgan fingerprint density at radius 1 is 1.00 bits per heavy atom. The molecule has 1 N–H and O–H groups in total. The molecule has 2 saturated carbocycles. The zero-order chi connectivity index (χ0) is 22.7. The molecule has 0 amide bonds. The molecule has 1 aromatic carbocycles. The number of fused-ring (bicyclic) bond motifs is 1. The van der Waals surface area contributed by atoms with E-state index in [4.69, 9.17) is 15.3 Å². The minimum absolute atomic E-state index is 0.000769. The molecule has 0 aromatic heterocycles. The first-order valence-electron chi connectivity index (χ1n) is 11.5. The number of ether oxygens (including phenoxy) is 1. The molecule has 0 radical (unpaired) electrons. The van der Waals surface area contributed by atoms with Crippen molar-refractivity contribution in [2.24, 2.45) is 23.7 Å². The molecule has 1 aliphatic heterocycles. The zero-order valence-corrected chi connectivity index (χ0v) is 19.9. The number of esters is 1. The van der Waals surface area contributed by atoms with Gasteiger partial charge in [-0.2, -0.15) is 10.5 Å². The fourth-order valence-corrected chi connectivity index (χ4v) is 7.77. The summed E-state index contributed by atoms with van der Waals surface area (Å²) in [6, 6.07) is 6.86. The Morgan fingerprint density at radius 2 is 1.59 bits per heavy atom. The molecule has 0 bridgehead atoms. The van der Waals surface area contributed by atoms with Gasteiger partial charge in [0.05, 0.1) is 19.9 Å². The van der Waals surface area contributed by atoms with E-state index >= 15 is 0 Å². The van der Waals surface area contributed by atoms with E-state index < -0.39 is 0 Å². The fraction of sp³-hybridized carbons (Fsp3) is 0.560. The van der Waals surface area contributed by atoms with Gasteiger partial charge in [0.15, 0.2) is 0 Å². The number of allylic oxidation sites excluding steroid dienone is 1. The molecule has 4 rings (SSSR count). The van der Waals surface area contributed by atoms with Crippen molar-refractivity contribution in [2.45, 2.75) is 74.5 Å². The molecular formula is C25H28N2O3S2. The predicted molar refractivity (Wildman–Crippen MR) is 125 cm³/mol. The molecule has 168 valence electrons. The monoisotopic (exact) mass is 468 g/mol. The molecule has 5 nitrogen and oxygen atoms in total. The van der Waals surface area contributed by atoms with Crippen molar-refractivity contribution in [3.63, 3.8) is 0 Å². The quantitative estimate of drug-likeness (QED) is 0.296. The van der Waals surface area contributed by atoms with Gasteiger partial charge in [0.25, 0.3) is 0 Å². The van der Waals surface area contributed by atoms with Crippen LogP contribution in [0.1, 0.15) is 64.7 Å². The first-order valence-corrected chi connectivity index (χ1v) is 13.1. The molecular weight excluding hydrogens is 440 g/mol. The highest BCUT2D eigenvalue weighted by molar-refractivity contribution is 8.24. The Hall–Kier alpha value is -2.09. The SMILES string of the molecule is CCC1CCC(C2CCC(C(=O)Oc3ccc(O)c4c3SC(=C(C#N)C#N)S4)CC2)CC1. The van der Waals surface area contributed by atoms with Gasteiger partial charge < -0.3 is 9.84 Å². The van der Waals surface area contributed by atoms with Crippen LogP contribution in [0.25, 0.3) is 0 Å². The summed E-state index contributed by atoms with van der Waals surface area (Å²) in [5, 5.41) is 28.5. The van der Waals surface area contributed by atoms with E-state index in [9.17, 15) is 9.90 Å². The van der Waals surface area contributed by atoms with E-state index in [0.29, 0.717) is 19.8 Å². The molecule has 1 heterocycles. The van der Waals surface area contributed by atoms with E-state index in [0.717, 1.165) is 43.4 Å². The third-order valence-corrected chi connectivity index (χ3v) is 9.96. The van der Waals surface area contributed by atoms with Crippen LogP contribution in [0.2, 0.25) is 0 Å². The molecule has 7 heteroatoms. The Labute approximate surface area is 198 Å². The summed E-state index contributed by atoms with van der Waals surface area (Å²) < 4.78 is 6.29. The maximum atomic E-state index is 12.9. The topological polar surface area (TPSA) is 94.1 Å². The number of thioether (sulfide) groups is 2. The average Bonchev–Trinajstić information content (AvgIpc) is 3.28. The molecule has 32 heavy (non-hydrogen) atoms. The number of benzene rings is 1. The minimum Gasteiger partial charge on any atom is -0.507 e. The lowest BCUT2D eigenvalue weighted by molar-refractivity contribution is -0.140. The summed E-state index contributed by atoms with van der Waals surface area (Å²) in [5.41, 5.74) is -0.000769. The summed E-state index contributed by atoms with van der Waals surface area (Å²) in [7, 11) is 0. The fourth-order valence-electron chi connectivity index (χ4n) is 5.32. The zero-order valence-electron chi connectivity index (χ0n) is 18.3. The van der Waals surface area contributed by atoms with E-state index in [2.05, 4.69) is 6.92 Å². The van der Waals surface area contributed by atoms with Crippen molar-refractivity contribution >= 4 is 29.5 Å². The minimum atomic E-state index is -0.213. The van der Waals surface area contributed by atoms with Crippen LogP contribution in [-0.2, 0) is 4.79 Å². The number of hydrogen-bond acceptors (Lipinski definition) is 7. The maximum absolute atomic E-state index is 12.9. The van der Waals surface area contributed by atoms with Gasteiger partial charge in [-0.05, 0) is 68.4 Å². The summed E-state index contributed by atoms with van der Waals surface area (Å²) in [6.07, 6.45) is 10.6. The second-order valence-corrected chi connectivity index (χ2v) is 11.4. The maximum Gasteiger partial charge on any atom is 0.314 e. The van der Waals surface area contributed by atoms with Gasteiger partial charge in [0.1, 0.15) is 29.2 Å². The third kappa shape index (κ3) is 4.80. The number of phenols is 1. The number of nitrogens with zero attached hydrogens (tertiary/aromatic N) is 2. The molecule has 0 unspecified atom stereocenters. The van der Waals surface area contributed by atoms with Crippen LogP contribution in [0, 0.1) is 46.3 Å². The van der Waals surface area contributed by atoms with Crippen LogP contribution < -0.4 is 4.74 Å². The van der Waals surface area contributed by atoms with Crippen molar-refractivity contribution in [3.05, 3.63) is 21.9 Å². The van der Waals surface area contributed by atoms with E-state index in [1.807, 2.05) is 12.1 Å². The molecule has 3 aliphatic rings. The van der Waals surface area contributed by atoms with Crippen LogP contribution in [0.4, 0.5) is 0 Å². The first kappa shape index (κ1) is 23.1. The predicted octanol–water partition coefficient (Wildman–Crippen LogP) is 6.78. The number of rotatable bonds is 4. The molecule has 2 aliphatic carbocycles. The smallest absolute Gasteiger partial charge is 0.314 e. The van der Waals surface area contributed by atoms with Crippen LogP contribution in [0.5, 0.6) is 11.5 Å². The lowest BCUT2D eigenvalue weighted by Gasteiger charge is -2.37. The molecule has 0 saturated heterocycles. The van der Waals surface area contributed by atoms with Crippen LogP contribution in [0.15, 0.2) is 31.7 Å². The van der Waals surface area contributed by atoms with Crippen LogP contribution in [-0.4, -0.2) is 11.1 Å². The third-order valence-electron chi connectivity index (χ3n) is 7.32. The first-order chi connectivity index (χ1) is 15.5. The van der Waals surface area contributed by atoms with Gasteiger partial charge >= 0.3 is 5.97 Å². The Morgan fingerprint density at radius 3 is 2.19 bits per heavy atom. The van der Waals surface area contributed by atoms with Gasteiger partial charge in [-0.1, -0.05) is 49.7 Å². The van der Waals surface area contributed by atoms with Gasteiger partial charge in [-0.25, -0.2) is 0 Å². The Balaban J connectivity index is 1.37. The van der Waals surface area contributed by atoms with Gasteiger partial charge in [0.2, 0.25) is 0 Å². The Bertz CT molecular complexity index is 976. The number of carbonyl (C=O) groups excluding carboxylic acids is 1. The van der Waals surface area contributed by atoms with E-state index in [1.165, 1.54) is 61.7 Å². The highest BCUT2D eigenvalue weighted by Crippen LogP contribution is 2.58. The highest BCUT2D eigenvalue weighted by Gasteiger charge is 2.34. The molecule has 0 spiro atoms. The number of nitriles is 2. The lowest BCUT2D eigenvalue weighted by Crippen LogP contribution is -2.30. The van der Waals surface area contributed by atoms with E-state index in [1.54, 1.807) is 6.07 Å². The van der Waals surface area contributed by atoms with Crippen LogP contribution in [0.3, 0.4) is 0 Å². The van der Waals surface area contributed by atoms with Gasteiger partial charge in [-0.15, -0.1) is 0 Å². The lowest BCUT2D eigenvalue weighted by atomic mass is 9.69. The number of carbonyl (C=O) groups is 1. The van der Waals surface area contributed by atoms with Crippen molar-refractivity contribution in [2.75, 3.05) is 0 Å². The van der Waals surface area contributed by atoms with Gasteiger partial charge in [-0.3, -0.25) is 4.79 Å². The second-order valence-electron chi connectivity index (χ2n) is 9.05. The van der Waals surface area contributed by atoms with Crippen molar-refractivity contribution in [1.29, 1.82) is 10.5 Å². The number of phenolic OH excluding ortho intramolecular Hbond substituents is 1. The summed E-state index contributed by atoms with van der Waals surface area (Å²) in [4.78, 5) is 14.1. The molecule has 0 atom stereocenters. The highest BCUT2D eigenvalue weighted by atomic mass is 32.2. The normalized spacial score (nSPS) is 27.2. The Kier molecular flexibility index (Phi) is 7.38. The second kappa shape index (κ2) is 10.2. The van der Waals surface area contributed by atoms with Gasteiger partial charge in [0, 0.05) is 0 Å². The largest absolute Gasteiger partial charge is 0.507 e. The number of aromatic hydroxyl groups is 1.